The molecule has 108 valence electrons. The summed E-state index contributed by atoms with van der Waals surface area (Å²) in [6, 6.07) is 8.07. The van der Waals surface area contributed by atoms with E-state index in [1.165, 1.54) is 14.0 Å². The fraction of sp³-hybridized carbons (Fsp3) is 0.357. The van der Waals surface area contributed by atoms with Crippen LogP contribution in [0.5, 0.6) is 0 Å². The largest absolute Gasteiger partial charge is 0.469 e. The Balaban J connectivity index is 2.58. The van der Waals surface area contributed by atoms with E-state index in [4.69, 9.17) is 4.74 Å². The Morgan fingerprint density at radius 1 is 1.20 bits per heavy atom. The van der Waals surface area contributed by atoms with Crippen LogP contribution in [0.25, 0.3) is 0 Å². The topological polar surface area (TPSA) is 81.7 Å². The van der Waals surface area contributed by atoms with E-state index >= 15 is 0 Å². The van der Waals surface area contributed by atoms with Gasteiger partial charge in [0.05, 0.1) is 13.5 Å². The number of rotatable bonds is 6. The summed E-state index contributed by atoms with van der Waals surface area (Å²) in [5, 5.41) is 2.37. The Labute approximate surface area is 117 Å². The second-order valence-corrected chi connectivity index (χ2v) is 4.13. The van der Waals surface area contributed by atoms with E-state index in [9.17, 15) is 14.4 Å². The van der Waals surface area contributed by atoms with Gasteiger partial charge >= 0.3 is 11.9 Å². The van der Waals surface area contributed by atoms with Crippen LogP contribution in [0.3, 0.4) is 0 Å². The molecule has 0 aliphatic rings. The van der Waals surface area contributed by atoms with Crippen molar-refractivity contribution >= 4 is 17.8 Å². The molecule has 0 spiro atoms. The molecule has 0 aliphatic carbocycles. The van der Waals surface area contributed by atoms with Gasteiger partial charge in [-0.2, -0.15) is 0 Å². The lowest BCUT2D eigenvalue weighted by atomic mass is 10.2. The van der Waals surface area contributed by atoms with Crippen LogP contribution in [0, 0.1) is 0 Å². The molecule has 6 heteroatoms. The second-order valence-electron chi connectivity index (χ2n) is 4.13. The summed E-state index contributed by atoms with van der Waals surface area (Å²) < 4.78 is 9.55. The van der Waals surface area contributed by atoms with Gasteiger partial charge in [-0.1, -0.05) is 30.3 Å². The first-order chi connectivity index (χ1) is 9.52. The number of carbonyl (C=O) groups excluding carboxylic acids is 3. The van der Waals surface area contributed by atoms with E-state index in [1.54, 1.807) is 12.1 Å². The molecule has 1 rings (SSSR count). The van der Waals surface area contributed by atoms with Crippen LogP contribution in [0.1, 0.15) is 18.9 Å². The highest BCUT2D eigenvalue weighted by molar-refractivity contribution is 5.87. The van der Waals surface area contributed by atoms with E-state index in [2.05, 4.69) is 10.1 Å². The van der Waals surface area contributed by atoms with Gasteiger partial charge in [-0.15, -0.1) is 0 Å². The van der Waals surface area contributed by atoms with E-state index in [0.29, 0.717) is 0 Å². The average molecular weight is 279 g/mol. The van der Waals surface area contributed by atoms with Crippen molar-refractivity contribution in [2.75, 3.05) is 7.11 Å². The Bertz CT molecular complexity index is 472. The van der Waals surface area contributed by atoms with E-state index in [0.717, 1.165) is 5.56 Å². The minimum atomic E-state index is -1.04. The van der Waals surface area contributed by atoms with Gasteiger partial charge < -0.3 is 14.8 Å². The molecule has 1 aromatic carbocycles. The zero-order valence-electron chi connectivity index (χ0n) is 11.4. The third kappa shape index (κ3) is 5.51. The average Bonchev–Trinajstić information content (AvgIpc) is 2.44. The zero-order chi connectivity index (χ0) is 15.0. The maximum atomic E-state index is 11.9. The fourth-order valence-corrected chi connectivity index (χ4v) is 1.52. The molecular formula is C14H17NO5. The number of esters is 2. The highest BCUT2D eigenvalue weighted by Gasteiger charge is 2.24. The smallest absolute Gasteiger partial charge is 0.329 e. The first-order valence-corrected chi connectivity index (χ1v) is 6.07. The molecule has 1 amide bonds. The lowest BCUT2D eigenvalue weighted by molar-refractivity contribution is -0.153. The van der Waals surface area contributed by atoms with Crippen LogP contribution in [0.15, 0.2) is 30.3 Å². The SMILES string of the molecule is COC(=O)CC(NC(C)=O)C(=O)OCc1ccccc1. The van der Waals surface area contributed by atoms with Crippen molar-refractivity contribution in [3.05, 3.63) is 35.9 Å². The van der Waals surface area contributed by atoms with Gasteiger partial charge in [0, 0.05) is 6.92 Å². The molecule has 6 nitrogen and oxygen atoms in total. The first-order valence-electron chi connectivity index (χ1n) is 6.07. The molecule has 0 saturated heterocycles. The monoisotopic (exact) mass is 279 g/mol. The summed E-state index contributed by atoms with van der Waals surface area (Å²) in [5.74, 6) is -1.69. The van der Waals surface area contributed by atoms with Crippen molar-refractivity contribution < 1.29 is 23.9 Å². The van der Waals surface area contributed by atoms with Crippen LogP contribution in [0.2, 0.25) is 0 Å². The van der Waals surface area contributed by atoms with Crippen molar-refractivity contribution in [1.82, 2.24) is 5.32 Å². The van der Waals surface area contributed by atoms with Crippen LogP contribution in [0.4, 0.5) is 0 Å². The number of amides is 1. The second kappa shape index (κ2) is 7.93. The van der Waals surface area contributed by atoms with E-state index in [-0.39, 0.29) is 13.0 Å². The number of nitrogens with one attached hydrogen (secondary N) is 1. The lowest BCUT2D eigenvalue weighted by Crippen LogP contribution is -2.42. The molecule has 0 heterocycles. The van der Waals surface area contributed by atoms with E-state index < -0.39 is 23.9 Å². The number of benzene rings is 1. The standard InChI is InChI=1S/C14H17NO5/c1-10(16)15-12(8-13(17)19-2)14(18)20-9-11-6-4-3-5-7-11/h3-7,12H,8-9H2,1-2H3,(H,15,16). The Hall–Kier alpha value is -2.37. The van der Waals surface area contributed by atoms with Crippen molar-refractivity contribution in [3.8, 4) is 0 Å². The summed E-state index contributed by atoms with van der Waals surface area (Å²) in [4.78, 5) is 34.1. The molecule has 20 heavy (non-hydrogen) atoms. The van der Waals surface area contributed by atoms with Crippen LogP contribution >= 0.6 is 0 Å². The predicted molar refractivity (Wildman–Crippen MR) is 70.5 cm³/mol. The first kappa shape index (κ1) is 15.7. The van der Waals surface area contributed by atoms with Crippen molar-refractivity contribution in [1.29, 1.82) is 0 Å². The molecule has 0 bridgehead atoms. The summed E-state index contributed by atoms with van der Waals surface area (Å²) >= 11 is 0. The summed E-state index contributed by atoms with van der Waals surface area (Å²) in [5.41, 5.74) is 0.820. The van der Waals surface area contributed by atoms with Crippen LogP contribution in [-0.4, -0.2) is 31.0 Å². The molecule has 0 aromatic heterocycles. The molecule has 1 unspecified atom stereocenters. The molecular weight excluding hydrogens is 262 g/mol. The molecule has 0 radical (unpaired) electrons. The summed E-state index contributed by atoms with van der Waals surface area (Å²) in [6.07, 6.45) is -0.260. The van der Waals surface area contributed by atoms with Crippen LogP contribution < -0.4 is 5.32 Å². The minimum absolute atomic E-state index is 0.0803. The third-order valence-electron chi connectivity index (χ3n) is 2.48. The zero-order valence-corrected chi connectivity index (χ0v) is 11.4. The Morgan fingerprint density at radius 2 is 1.85 bits per heavy atom. The molecule has 0 aliphatic heterocycles. The normalized spacial score (nSPS) is 11.3. The lowest BCUT2D eigenvalue weighted by Gasteiger charge is -2.15. The quantitative estimate of drug-likeness (QED) is 0.779. The highest BCUT2D eigenvalue weighted by Crippen LogP contribution is 2.04. The van der Waals surface area contributed by atoms with Gasteiger partial charge in [-0.3, -0.25) is 9.59 Å². The molecule has 0 saturated carbocycles. The van der Waals surface area contributed by atoms with Gasteiger partial charge in [0.15, 0.2) is 0 Å². The third-order valence-corrected chi connectivity index (χ3v) is 2.48. The Kier molecular flexibility index (Phi) is 6.22. The van der Waals surface area contributed by atoms with Crippen molar-refractivity contribution in [2.24, 2.45) is 0 Å². The molecule has 1 atom stereocenters. The minimum Gasteiger partial charge on any atom is -0.469 e. The molecule has 0 fully saturated rings. The number of carbonyl (C=O) groups is 3. The van der Waals surface area contributed by atoms with Gasteiger partial charge in [-0.05, 0) is 5.56 Å². The summed E-state index contributed by atoms with van der Waals surface area (Å²) in [7, 11) is 1.21. The van der Waals surface area contributed by atoms with Crippen LogP contribution in [-0.2, 0) is 30.5 Å². The molecule has 1 N–H and O–H groups in total. The van der Waals surface area contributed by atoms with Gasteiger partial charge in [0.1, 0.15) is 12.6 Å². The predicted octanol–water partition coefficient (Wildman–Crippen LogP) is 0.798. The highest BCUT2D eigenvalue weighted by atomic mass is 16.5. The number of hydrogen-bond donors (Lipinski definition) is 1. The van der Waals surface area contributed by atoms with E-state index in [1.807, 2.05) is 18.2 Å². The molecule has 1 aromatic rings. The Morgan fingerprint density at radius 3 is 2.40 bits per heavy atom. The maximum Gasteiger partial charge on any atom is 0.329 e. The number of methoxy groups -OCH3 is 1. The maximum absolute atomic E-state index is 11.9. The van der Waals surface area contributed by atoms with Gasteiger partial charge in [0.2, 0.25) is 5.91 Å². The van der Waals surface area contributed by atoms with Gasteiger partial charge in [-0.25, -0.2) is 4.79 Å². The number of hydrogen-bond acceptors (Lipinski definition) is 5. The fourth-order valence-electron chi connectivity index (χ4n) is 1.52. The van der Waals surface area contributed by atoms with Crippen molar-refractivity contribution in [3.63, 3.8) is 0 Å². The van der Waals surface area contributed by atoms with Gasteiger partial charge in [0.25, 0.3) is 0 Å². The number of ether oxygens (including phenoxy) is 2. The summed E-state index contributed by atoms with van der Waals surface area (Å²) in [6.45, 7) is 1.34. The van der Waals surface area contributed by atoms with Crippen molar-refractivity contribution in [2.45, 2.75) is 26.0 Å².